The van der Waals surface area contributed by atoms with Crippen LogP contribution in [0, 0.1) is 11.8 Å². The number of anilines is 1. The van der Waals surface area contributed by atoms with E-state index in [1.165, 1.54) is 0 Å². The third-order valence-electron chi connectivity index (χ3n) is 10.0. The van der Waals surface area contributed by atoms with Crippen molar-refractivity contribution in [1.29, 1.82) is 0 Å². The SMILES string of the molecule is CCOc1ccc(N2CC=C[C@]3(CC)O[C@]45C=CCN(Cn6nnc7ccccc76)C(=O)C4N(CCCCO)C(=O)[C@@H]5[C@@H]3C2=O)cc1. The van der Waals surface area contributed by atoms with Gasteiger partial charge in [-0.3, -0.25) is 14.4 Å². The molecule has 3 aromatic rings. The van der Waals surface area contributed by atoms with Gasteiger partial charge in [0.1, 0.15) is 29.6 Å². The van der Waals surface area contributed by atoms with Gasteiger partial charge in [0, 0.05) is 31.9 Å². The molecule has 12 nitrogen and oxygen atoms in total. The normalized spacial score (nSPS) is 28.4. The maximum absolute atomic E-state index is 14.7. The zero-order valence-electron chi connectivity index (χ0n) is 26.7. The summed E-state index contributed by atoms with van der Waals surface area (Å²) in [4.78, 5) is 49.0. The lowest BCUT2D eigenvalue weighted by Crippen LogP contribution is -2.56. The second-order valence-electron chi connectivity index (χ2n) is 12.5. The van der Waals surface area contributed by atoms with Gasteiger partial charge in [0.05, 0.1) is 29.6 Å². The van der Waals surface area contributed by atoms with Gasteiger partial charge in [0.25, 0.3) is 5.91 Å². The van der Waals surface area contributed by atoms with Gasteiger partial charge in [-0.15, -0.1) is 5.10 Å². The molecule has 4 aliphatic rings. The molecule has 2 aromatic carbocycles. The number of benzene rings is 2. The van der Waals surface area contributed by atoms with E-state index in [0.717, 1.165) is 11.0 Å². The number of rotatable bonds is 10. The average Bonchev–Trinajstić information content (AvgIpc) is 3.62. The summed E-state index contributed by atoms with van der Waals surface area (Å²) in [6.45, 7) is 5.35. The Morgan fingerprint density at radius 3 is 2.49 bits per heavy atom. The van der Waals surface area contributed by atoms with Gasteiger partial charge in [-0.05, 0) is 62.6 Å². The van der Waals surface area contributed by atoms with Crippen LogP contribution in [0.4, 0.5) is 5.69 Å². The number of aliphatic hydroxyl groups is 1. The quantitative estimate of drug-likeness (QED) is 0.265. The fourth-order valence-electron chi connectivity index (χ4n) is 7.87. The fourth-order valence-corrected chi connectivity index (χ4v) is 7.87. The molecule has 246 valence electrons. The predicted molar refractivity (Wildman–Crippen MR) is 173 cm³/mol. The molecule has 1 aromatic heterocycles. The topological polar surface area (TPSA) is 130 Å². The van der Waals surface area contributed by atoms with Crippen molar-refractivity contribution in [2.24, 2.45) is 11.8 Å². The molecule has 4 aliphatic heterocycles. The van der Waals surface area contributed by atoms with Crippen molar-refractivity contribution in [2.45, 2.75) is 57.0 Å². The van der Waals surface area contributed by atoms with Crippen molar-refractivity contribution in [2.75, 3.05) is 37.7 Å². The molecule has 1 unspecified atom stereocenters. The molecule has 0 aliphatic carbocycles. The van der Waals surface area contributed by atoms with Crippen LogP contribution in [0.3, 0.4) is 0 Å². The zero-order chi connectivity index (χ0) is 32.8. The van der Waals surface area contributed by atoms with Crippen molar-refractivity contribution >= 4 is 34.4 Å². The van der Waals surface area contributed by atoms with Crippen LogP contribution in [-0.2, 0) is 25.8 Å². The largest absolute Gasteiger partial charge is 0.494 e. The summed E-state index contributed by atoms with van der Waals surface area (Å²) in [6, 6.07) is 13.9. The maximum Gasteiger partial charge on any atom is 0.250 e. The Morgan fingerprint density at radius 2 is 1.72 bits per heavy atom. The lowest BCUT2D eigenvalue weighted by atomic mass is 9.73. The molecule has 47 heavy (non-hydrogen) atoms. The Balaban J connectivity index is 1.28. The van der Waals surface area contributed by atoms with Gasteiger partial charge >= 0.3 is 0 Å². The van der Waals surface area contributed by atoms with Crippen LogP contribution < -0.4 is 9.64 Å². The number of carbonyl (C=O) groups excluding carboxylic acids is 3. The van der Waals surface area contributed by atoms with Gasteiger partial charge < -0.3 is 29.3 Å². The summed E-state index contributed by atoms with van der Waals surface area (Å²) in [6.07, 6.45) is 9.01. The van der Waals surface area contributed by atoms with Gasteiger partial charge in [-0.25, -0.2) is 4.68 Å². The number of carbonyl (C=O) groups is 3. The number of para-hydroxylation sites is 1. The number of nitrogens with zero attached hydrogens (tertiary/aromatic N) is 6. The third-order valence-corrected chi connectivity index (χ3v) is 10.0. The molecule has 3 amide bonds. The zero-order valence-corrected chi connectivity index (χ0v) is 26.7. The van der Waals surface area contributed by atoms with Crippen LogP contribution in [-0.4, -0.2) is 97.7 Å². The molecule has 2 saturated heterocycles. The van der Waals surface area contributed by atoms with Crippen molar-refractivity contribution in [3.63, 3.8) is 0 Å². The van der Waals surface area contributed by atoms with Crippen molar-refractivity contribution in [3.8, 4) is 5.75 Å². The van der Waals surface area contributed by atoms with E-state index in [1.807, 2.05) is 86.7 Å². The number of hydrogen-bond donors (Lipinski definition) is 1. The van der Waals surface area contributed by atoms with Gasteiger partial charge in [-0.1, -0.05) is 48.6 Å². The van der Waals surface area contributed by atoms with E-state index in [1.54, 1.807) is 19.4 Å². The molecule has 5 heterocycles. The molecule has 0 saturated carbocycles. The van der Waals surface area contributed by atoms with Gasteiger partial charge in [-0.2, -0.15) is 0 Å². The van der Waals surface area contributed by atoms with Gasteiger partial charge in [0.15, 0.2) is 0 Å². The summed E-state index contributed by atoms with van der Waals surface area (Å²) in [5, 5.41) is 18.1. The first-order valence-electron chi connectivity index (χ1n) is 16.5. The number of amides is 3. The van der Waals surface area contributed by atoms with E-state index in [-0.39, 0.29) is 44.1 Å². The second-order valence-corrected chi connectivity index (χ2v) is 12.5. The molecule has 0 radical (unpaired) electrons. The third kappa shape index (κ3) is 4.92. The number of aromatic nitrogens is 3. The highest BCUT2D eigenvalue weighted by Gasteiger charge is 2.75. The average molecular weight is 641 g/mol. The summed E-state index contributed by atoms with van der Waals surface area (Å²) in [7, 11) is 0. The molecule has 1 spiro atoms. The Labute approximate surface area is 273 Å². The van der Waals surface area contributed by atoms with Crippen LogP contribution in [0.1, 0.15) is 33.1 Å². The van der Waals surface area contributed by atoms with E-state index in [2.05, 4.69) is 10.3 Å². The second kappa shape index (κ2) is 12.2. The Bertz CT molecular complexity index is 1740. The number of fused-ring (bicyclic) bond motifs is 3. The minimum absolute atomic E-state index is 0.0288. The number of unbranched alkanes of at least 4 members (excludes halogenated alkanes) is 1. The Hall–Kier alpha value is -4.55. The molecule has 1 N–H and O–H groups in total. The highest BCUT2D eigenvalue weighted by atomic mass is 16.5. The molecule has 0 bridgehead atoms. The number of likely N-dealkylation sites (tertiary alicyclic amines) is 1. The first-order valence-corrected chi connectivity index (χ1v) is 16.5. The van der Waals surface area contributed by atoms with Crippen molar-refractivity contribution < 1.29 is 29.0 Å². The first kappa shape index (κ1) is 31.1. The highest BCUT2D eigenvalue weighted by Crippen LogP contribution is 2.58. The van der Waals surface area contributed by atoms with E-state index >= 15 is 0 Å². The van der Waals surface area contributed by atoms with Crippen molar-refractivity contribution in [3.05, 3.63) is 72.8 Å². The lowest BCUT2D eigenvalue weighted by Gasteiger charge is -2.38. The molecule has 7 rings (SSSR count). The maximum atomic E-state index is 14.7. The molecular formula is C35H40N6O6. The van der Waals surface area contributed by atoms with Crippen LogP contribution >= 0.6 is 0 Å². The minimum Gasteiger partial charge on any atom is -0.494 e. The fraction of sp³-hybridized carbons (Fsp3) is 0.457. The molecule has 12 heteroatoms. The monoisotopic (exact) mass is 640 g/mol. The summed E-state index contributed by atoms with van der Waals surface area (Å²) in [5.41, 5.74) is -0.256. The van der Waals surface area contributed by atoms with Crippen LogP contribution in [0.5, 0.6) is 5.75 Å². The standard InChI is InChI=1S/C35H40N6O6/c1-3-34-17-9-21-39(24-13-15-25(16-14-24)46-4-2)31(43)28(34)29-32(44)40(20-7-8-22-42)30-33(45)38(19-10-18-35(29,30)47-34)23-41-27-12-6-5-11-26(27)36-37-41/h5-6,9-18,28-30,42H,3-4,7-8,19-23H2,1-2H3/t28-,29+,30?,34+,35+/m1/s1. The number of ether oxygens (including phenoxy) is 2. The highest BCUT2D eigenvalue weighted by molar-refractivity contribution is 6.04. The summed E-state index contributed by atoms with van der Waals surface area (Å²) >= 11 is 0. The lowest BCUT2D eigenvalue weighted by molar-refractivity contribution is -0.153. The van der Waals surface area contributed by atoms with E-state index < -0.39 is 29.1 Å². The van der Waals surface area contributed by atoms with E-state index in [4.69, 9.17) is 9.47 Å². The van der Waals surface area contributed by atoms with E-state index in [9.17, 15) is 19.5 Å². The van der Waals surface area contributed by atoms with Gasteiger partial charge in [0.2, 0.25) is 11.8 Å². The number of aliphatic hydroxyl groups excluding tert-OH is 1. The van der Waals surface area contributed by atoms with E-state index in [0.29, 0.717) is 43.9 Å². The Morgan fingerprint density at radius 1 is 0.936 bits per heavy atom. The molecule has 2 fully saturated rings. The summed E-state index contributed by atoms with van der Waals surface area (Å²) in [5.74, 6) is -1.86. The van der Waals surface area contributed by atoms with Crippen LogP contribution in [0.15, 0.2) is 72.8 Å². The number of hydrogen-bond acceptors (Lipinski definition) is 8. The molecule has 5 atom stereocenters. The van der Waals surface area contributed by atoms with Crippen LogP contribution in [0.2, 0.25) is 0 Å². The first-order chi connectivity index (χ1) is 22.9. The predicted octanol–water partition coefficient (Wildman–Crippen LogP) is 2.92. The Kier molecular flexibility index (Phi) is 8.09. The van der Waals surface area contributed by atoms with Crippen molar-refractivity contribution in [1.82, 2.24) is 24.8 Å². The molecular weight excluding hydrogens is 600 g/mol. The summed E-state index contributed by atoms with van der Waals surface area (Å²) < 4.78 is 14.4. The van der Waals surface area contributed by atoms with Crippen LogP contribution in [0.25, 0.3) is 11.0 Å². The minimum atomic E-state index is -1.37. The smallest absolute Gasteiger partial charge is 0.250 e.